The molecule has 0 saturated carbocycles. The van der Waals surface area contributed by atoms with Gasteiger partial charge in [-0.1, -0.05) is 30.3 Å². The van der Waals surface area contributed by atoms with Crippen LogP contribution in [0.25, 0.3) is 0 Å². The van der Waals surface area contributed by atoms with Crippen LogP contribution in [-0.4, -0.2) is 42.9 Å². The lowest BCUT2D eigenvalue weighted by atomic mass is 10.1. The second-order valence-corrected chi connectivity index (χ2v) is 6.18. The Balaban J connectivity index is 1.50. The fourth-order valence-corrected chi connectivity index (χ4v) is 3.00. The number of para-hydroxylation sites is 2. The topological polar surface area (TPSA) is 74.2 Å². The molecule has 0 aromatic heterocycles. The van der Waals surface area contributed by atoms with E-state index in [-0.39, 0.29) is 18.4 Å². The third-order valence-electron chi connectivity index (χ3n) is 4.42. The molecule has 0 spiro atoms. The van der Waals surface area contributed by atoms with Crippen LogP contribution in [0.5, 0.6) is 5.75 Å². The number of hydrogen-bond acceptors (Lipinski definition) is 5. The maximum absolute atomic E-state index is 12.4. The Bertz CT molecular complexity index is 895. The number of guanidine groups is 1. The highest BCUT2D eigenvalue weighted by molar-refractivity contribution is 6.06. The molecule has 7 nitrogen and oxygen atoms in total. The highest BCUT2D eigenvalue weighted by Gasteiger charge is 2.30. The molecule has 0 bridgehead atoms. The molecule has 4 rings (SSSR count). The van der Waals surface area contributed by atoms with Gasteiger partial charge in [-0.2, -0.15) is 0 Å². The van der Waals surface area contributed by atoms with Crippen LogP contribution in [0, 0.1) is 0 Å². The summed E-state index contributed by atoms with van der Waals surface area (Å²) in [7, 11) is 1.72. The summed E-state index contributed by atoms with van der Waals surface area (Å²) in [5.74, 6) is 0.837. The number of aliphatic imine (C=N–C) groups is 1. The Kier molecular flexibility index (Phi) is 4.04. The first-order valence-electron chi connectivity index (χ1n) is 8.31. The minimum absolute atomic E-state index is 0.0707. The zero-order valence-electron chi connectivity index (χ0n) is 14.3. The van der Waals surface area contributed by atoms with Gasteiger partial charge in [-0.3, -0.25) is 14.9 Å². The monoisotopic (exact) mass is 350 g/mol. The van der Waals surface area contributed by atoms with E-state index < -0.39 is 0 Å². The zero-order chi connectivity index (χ0) is 18.1. The summed E-state index contributed by atoms with van der Waals surface area (Å²) in [4.78, 5) is 31.9. The number of nitrogens with one attached hydrogen (secondary N) is 1. The standard InChI is InChI=1S/C19H18N4O3/c1-22(14-7-3-2-4-8-14)17(25)12-26-15-9-5-6-13-10-23-11-16(24)20-19(23)21-18(13)15/h2-9H,10-12H2,1H3,(H,20,21,24). The first kappa shape index (κ1) is 16.1. The number of carbonyl (C=O) groups excluding carboxylic acids is 2. The average molecular weight is 350 g/mol. The summed E-state index contributed by atoms with van der Waals surface area (Å²) >= 11 is 0. The van der Waals surface area contributed by atoms with Gasteiger partial charge in [0.1, 0.15) is 18.0 Å². The average Bonchev–Trinajstić information content (AvgIpc) is 3.03. The van der Waals surface area contributed by atoms with E-state index in [1.54, 1.807) is 18.0 Å². The third kappa shape index (κ3) is 2.99. The highest BCUT2D eigenvalue weighted by Crippen LogP contribution is 2.36. The minimum Gasteiger partial charge on any atom is -0.481 e. The first-order chi connectivity index (χ1) is 12.6. The van der Waals surface area contributed by atoms with Crippen LogP contribution in [0.15, 0.2) is 53.5 Å². The normalized spacial score (nSPS) is 14.9. The highest BCUT2D eigenvalue weighted by atomic mass is 16.5. The molecule has 2 amide bonds. The molecule has 0 atom stereocenters. The molecule has 2 aliphatic rings. The fraction of sp³-hybridized carbons (Fsp3) is 0.211. The predicted molar refractivity (Wildman–Crippen MR) is 97.4 cm³/mol. The zero-order valence-corrected chi connectivity index (χ0v) is 14.3. The van der Waals surface area contributed by atoms with Crippen molar-refractivity contribution in [2.75, 3.05) is 25.1 Å². The molecule has 2 heterocycles. The molecular formula is C19H18N4O3. The van der Waals surface area contributed by atoms with Crippen molar-refractivity contribution in [2.45, 2.75) is 6.54 Å². The lowest BCUT2D eigenvalue weighted by Crippen LogP contribution is -2.32. The fourth-order valence-electron chi connectivity index (χ4n) is 3.00. The smallest absolute Gasteiger partial charge is 0.264 e. The van der Waals surface area contributed by atoms with E-state index in [1.807, 2.05) is 47.4 Å². The predicted octanol–water partition coefficient (Wildman–Crippen LogP) is 1.66. The number of anilines is 1. The van der Waals surface area contributed by atoms with Gasteiger partial charge >= 0.3 is 0 Å². The molecule has 1 fully saturated rings. The second-order valence-electron chi connectivity index (χ2n) is 6.18. The second kappa shape index (κ2) is 6.51. The largest absolute Gasteiger partial charge is 0.481 e. The summed E-state index contributed by atoms with van der Waals surface area (Å²) < 4.78 is 5.75. The summed E-state index contributed by atoms with van der Waals surface area (Å²) in [5, 5.41) is 2.73. The number of nitrogens with zero attached hydrogens (tertiary/aromatic N) is 3. The Morgan fingerprint density at radius 1 is 1.19 bits per heavy atom. The maximum Gasteiger partial charge on any atom is 0.264 e. The van der Waals surface area contributed by atoms with Crippen molar-refractivity contribution >= 4 is 29.1 Å². The molecule has 1 saturated heterocycles. The van der Waals surface area contributed by atoms with E-state index >= 15 is 0 Å². The van der Waals surface area contributed by atoms with Crippen LogP contribution in [-0.2, 0) is 16.1 Å². The van der Waals surface area contributed by atoms with Gasteiger partial charge in [0.2, 0.25) is 11.9 Å². The number of carbonyl (C=O) groups is 2. The van der Waals surface area contributed by atoms with Crippen LogP contribution >= 0.6 is 0 Å². The van der Waals surface area contributed by atoms with E-state index in [9.17, 15) is 9.59 Å². The van der Waals surface area contributed by atoms with E-state index in [2.05, 4.69) is 10.3 Å². The van der Waals surface area contributed by atoms with Crippen molar-refractivity contribution in [3.63, 3.8) is 0 Å². The van der Waals surface area contributed by atoms with E-state index in [0.29, 0.717) is 30.5 Å². The Morgan fingerprint density at radius 3 is 2.81 bits per heavy atom. The molecule has 26 heavy (non-hydrogen) atoms. The summed E-state index contributed by atoms with van der Waals surface area (Å²) in [6, 6.07) is 15.0. The summed E-state index contributed by atoms with van der Waals surface area (Å²) in [5.41, 5.74) is 2.43. The molecule has 0 aliphatic carbocycles. The summed E-state index contributed by atoms with van der Waals surface area (Å²) in [6.45, 7) is 0.800. The lowest BCUT2D eigenvalue weighted by Gasteiger charge is -2.24. The van der Waals surface area contributed by atoms with Crippen molar-refractivity contribution in [1.82, 2.24) is 10.2 Å². The van der Waals surface area contributed by atoms with Gasteiger partial charge in [-0.25, -0.2) is 4.99 Å². The molecule has 7 heteroatoms. The van der Waals surface area contributed by atoms with Crippen molar-refractivity contribution in [2.24, 2.45) is 4.99 Å². The van der Waals surface area contributed by atoms with Crippen LogP contribution in [0.3, 0.4) is 0 Å². The number of fused-ring (bicyclic) bond motifs is 2. The molecule has 132 valence electrons. The van der Waals surface area contributed by atoms with Crippen molar-refractivity contribution in [1.29, 1.82) is 0 Å². The third-order valence-corrected chi connectivity index (χ3v) is 4.42. The molecule has 2 aliphatic heterocycles. The van der Waals surface area contributed by atoms with E-state index in [4.69, 9.17) is 4.74 Å². The van der Waals surface area contributed by atoms with Crippen molar-refractivity contribution in [3.05, 3.63) is 54.1 Å². The minimum atomic E-state index is -0.159. The van der Waals surface area contributed by atoms with Gasteiger partial charge < -0.3 is 14.5 Å². The lowest BCUT2D eigenvalue weighted by molar-refractivity contribution is -0.120. The molecule has 0 radical (unpaired) electrons. The Labute approximate surface area is 150 Å². The molecule has 2 aromatic carbocycles. The van der Waals surface area contributed by atoms with Crippen molar-refractivity contribution < 1.29 is 14.3 Å². The quantitative estimate of drug-likeness (QED) is 0.910. The number of likely N-dealkylation sites (N-methyl/N-ethyl adjacent to an activating group) is 1. The SMILES string of the molecule is CN(C(=O)COc1cccc2c1N=C1NC(=O)CN1C2)c1ccccc1. The van der Waals surface area contributed by atoms with Gasteiger partial charge in [-0.15, -0.1) is 0 Å². The van der Waals surface area contributed by atoms with E-state index in [0.717, 1.165) is 11.3 Å². The number of rotatable bonds is 4. The van der Waals surface area contributed by atoms with Gasteiger partial charge in [0.15, 0.2) is 6.61 Å². The Hall–Kier alpha value is -3.35. The molecule has 1 N–H and O–H groups in total. The number of amides is 2. The van der Waals surface area contributed by atoms with Gasteiger partial charge in [0.05, 0.1) is 0 Å². The maximum atomic E-state index is 12.4. The van der Waals surface area contributed by atoms with Gasteiger partial charge in [0, 0.05) is 24.8 Å². The number of hydrogen-bond donors (Lipinski definition) is 1. The molecule has 2 aromatic rings. The molecule has 0 unspecified atom stereocenters. The van der Waals surface area contributed by atoms with Gasteiger partial charge in [0.25, 0.3) is 5.91 Å². The number of benzene rings is 2. The van der Waals surface area contributed by atoms with Crippen LogP contribution < -0.4 is 15.0 Å². The summed E-state index contributed by atoms with van der Waals surface area (Å²) in [6.07, 6.45) is 0. The Morgan fingerprint density at radius 2 is 2.00 bits per heavy atom. The molecular weight excluding hydrogens is 332 g/mol. The number of ether oxygens (including phenoxy) is 1. The van der Waals surface area contributed by atoms with Crippen LogP contribution in [0.2, 0.25) is 0 Å². The van der Waals surface area contributed by atoms with E-state index in [1.165, 1.54) is 0 Å². The van der Waals surface area contributed by atoms with Crippen molar-refractivity contribution in [3.8, 4) is 5.75 Å². The van der Waals surface area contributed by atoms with Gasteiger partial charge in [-0.05, 0) is 18.2 Å². The van der Waals surface area contributed by atoms with Crippen LogP contribution in [0.1, 0.15) is 5.56 Å². The van der Waals surface area contributed by atoms with Crippen LogP contribution in [0.4, 0.5) is 11.4 Å². The first-order valence-corrected chi connectivity index (χ1v) is 8.31.